The molecule has 0 fully saturated rings. The van der Waals surface area contributed by atoms with Crippen molar-refractivity contribution in [3.05, 3.63) is 59.9 Å². The number of hydrogen-bond donors (Lipinski definition) is 1. The van der Waals surface area contributed by atoms with Crippen LogP contribution in [0.1, 0.15) is 18.3 Å². The van der Waals surface area contributed by atoms with Crippen LogP contribution in [0.3, 0.4) is 0 Å². The molecule has 0 aliphatic rings. The van der Waals surface area contributed by atoms with Crippen LogP contribution in [-0.4, -0.2) is 15.9 Å². The number of carbonyl (C=O) groups excluding carboxylic acids is 1. The van der Waals surface area contributed by atoms with E-state index in [1.165, 1.54) is 6.92 Å². The number of para-hydroxylation sites is 2. The lowest BCUT2D eigenvalue weighted by Gasteiger charge is -2.01. The molecule has 0 atom stereocenters. The number of carbonyl (C=O) groups is 1. The minimum Gasteiger partial charge on any atom is -0.427 e. The maximum atomic E-state index is 10.9. The molecule has 0 amide bonds. The van der Waals surface area contributed by atoms with Crippen molar-refractivity contribution < 1.29 is 9.53 Å². The number of hydrogen-bond acceptors (Lipinski definition) is 4. The summed E-state index contributed by atoms with van der Waals surface area (Å²) in [6.07, 6.45) is 1.73. The van der Waals surface area contributed by atoms with Gasteiger partial charge in [0.05, 0.1) is 16.6 Å². The molecule has 2 aromatic carbocycles. The van der Waals surface area contributed by atoms with E-state index < -0.39 is 0 Å². The van der Waals surface area contributed by atoms with Crippen molar-refractivity contribution in [2.24, 2.45) is 0 Å². The first-order chi connectivity index (χ1) is 11.2. The number of fused-ring (bicyclic) bond motifs is 1. The van der Waals surface area contributed by atoms with Gasteiger partial charge in [-0.05, 0) is 35.9 Å². The molecule has 0 radical (unpaired) electrons. The number of allylic oxidation sites excluding steroid dienone is 1. The molecule has 23 heavy (non-hydrogen) atoms. The van der Waals surface area contributed by atoms with Gasteiger partial charge in [-0.15, -0.1) is 0 Å². The van der Waals surface area contributed by atoms with Crippen molar-refractivity contribution in [1.29, 1.82) is 5.26 Å². The number of nitrogens with one attached hydrogen (secondary N) is 1. The van der Waals surface area contributed by atoms with Crippen molar-refractivity contribution in [1.82, 2.24) is 9.97 Å². The summed E-state index contributed by atoms with van der Waals surface area (Å²) in [6, 6.07) is 16.7. The number of aromatic amines is 1. The van der Waals surface area contributed by atoms with Crippen LogP contribution in [0.2, 0.25) is 0 Å². The highest BCUT2D eigenvalue weighted by Gasteiger charge is 2.07. The quantitative estimate of drug-likeness (QED) is 0.456. The van der Waals surface area contributed by atoms with E-state index in [0.717, 1.165) is 16.6 Å². The van der Waals surface area contributed by atoms with E-state index in [1.54, 1.807) is 30.3 Å². The molecule has 3 aromatic rings. The Bertz CT molecular complexity index is 898. The lowest BCUT2D eigenvalue weighted by molar-refractivity contribution is -0.131. The molecule has 0 bridgehead atoms. The number of aromatic nitrogens is 2. The maximum absolute atomic E-state index is 10.9. The van der Waals surface area contributed by atoms with Crippen LogP contribution in [0, 0.1) is 11.3 Å². The van der Waals surface area contributed by atoms with Crippen molar-refractivity contribution in [2.45, 2.75) is 6.92 Å². The first-order valence-corrected chi connectivity index (χ1v) is 7.01. The molecule has 0 saturated heterocycles. The Hall–Kier alpha value is -3.39. The highest BCUT2D eigenvalue weighted by Crippen LogP contribution is 2.20. The fourth-order valence-electron chi connectivity index (χ4n) is 2.20. The van der Waals surface area contributed by atoms with Crippen molar-refractivity contribution >= 4 is 28.7 Å². The fraction of sp³-hybridized carbons (Fsp3) is 0.0556. The number of nitrogens with zero attached hydrogens (tertiary/aromatic N) is 2. The summed E-state index contributed by atoms with van der Waals surface area (Å²) in [7, 11) is 0. The SMILES string of the molecule is CC(=O)Oc1ccc(/C=C(\C#N)c2nc3ccccc3[nH]2)cc1. The molecular weight excluding hydrogens is 290 g/mol. The van der Waals surface area contributed by atoms with Gasteiger partial charge in [0, 0.05) is 6.92 Å². The van der Waals surface area contributed by atoms with E-state index >= 15 is 0 Å². The Morgan fingerprint density at radius 3 is 2.61 bits per heavy atom. The zero-order valence-electron chi connectivity index (χ0n) is 12.4. The summed E-state index contributed by atoms with van der Waals surface area (Å²) in [6.45, 7) is 1.35. The number of esters is 1. The van der Waals surface area contributed by atoms with Gasteiger partial charge in [-0.1, -0.05) is 24.3 Å². The molecule has 3 rings (SSSR count). The molecule has 0 aliphatic carbocycles. The monoisotopic (exact) mass is 303 g/mol. The third-order valence-electron chi connectivity index (χ3n) is 3.22. The molecule has 1 N–H and O–H groups in total. The molecular formula is C18H13N3O2. The Morgan fingerprint density at radius 2 is 1.96 bits per heavy atom. The zero-order chi connectivity index (χ0) is 16.2. The largest absolute Gasteiger partial charge is 0.427 e. The normalized spacial score (nSPS) is 11.2. The number of nitriles is 1. The second-order valence-corrected chi connectivity index (χ2v) is 4.94. The van der Waals surface area contributed by atoms with Gasteiger partial charge in [0.25, 0.3) is 0 Å². The van der Waals surface area contributed by atoms with Crippen LogP contribution in [0.4, 0.5) is 0 Å². The third-order valence-corrected chi connectivity index (χ3v) is 3.22. The van der Waals surface area contributed by atoms with Gasteiger partial charge in [-0.25, -0.2) is 4.98 Å². The van der Waals surface area contributed by atoms with Gasteiger partial charge in [0.1, 0.15) is 17.6 Å². The lowest BCUT2D eigenvalue weighted by Crippen LogP contribution is -2.00. The Balaban J connectivity index is 1.92. The van der Waals surface area contributed by atoms with Gasteiger partial charge < -0.3 is 9.72 Å². The van der Waals surface area contributed by atoms with E-state index in [0.29, 0.717) is 17.1 Å². The molecule has 5 heteroatoms. The van der Waals surface area contributed by atoms with Crippen LogP contribution in [0.25, 0.3) is 22.7 Å². The Labute approximate surface area is 132 Å². The number of rotatable bonds is 3. The van der Waals surface area contributed by atoms with E-state index in [2.05, 4.69) is 16.0 Å². The van der Waals surface area contributed by atoms with Crippen LogP contribution in [0.15, 0.2) is 48.5 Å². The van der Waals surface area contributed by atoms with Crippen molar-refractivity contribution in [2.75, 3.05) is 0 Å². The number of H-pyrrole nitrogens is 1. The van der Waals surface area contributed by atoms with Gasteiger partial charge in [0.2, 0.25) is 0 Å². The minimum atomic E-state index is -0.367. The van der Waals surface area contributed by atoms with Gasteiger partial charge in [-0.2, -0.15) is 5.26 Å². The summed E-state index contributed by atoms with van der Waals surface area (Å²) >= 11 is 0. The molecule has 0 aliphatic heterocycles. The van der Waals surface area contributed by atoms with Gasteiger partial charge in [-0.3, -0.25) is 4.79 Å². The molecule has 112 valence electrons. The summed E-state index contributed by atoms with van der Waals surface area (Å²) in [5.74, 6) is 0.628. The first kappa shape index (κ1) is 14.5. The molecule has 0 saturated carbocycles. The van der Waals surface area contributed by atoms with Crippen LogP contribution in [-0.2, 0) is 4.79 Å². The molecule has 1 aromatic heterocycles. The van der Waals surface area contributed by atoms with Crippen LogP contribution in [0.5, 0.6) is 5.75 Å². The molecule has 0 spiro atoms. The van der Waals surface area contributed by atoms with E-state index in [4.69, 9.17) is 4.74 Å². The van der Waals surface area contributed by atoms with E-state index in [1.807, 2.05) is 24.3 Å². The average Bonchev–Trinajstić information content (AvgIpc) is 2.97. The Morgan fingerprint density at radius 1 is 1.22 bits per heavy atom. The third kappa shape index (κ3) is 3.27. The number of ether oxygens (including phenoxy) is 1. The predicted molar refractivity (Wildman–Crippen MR) is 87.3 cm³/mol. The second kappa shape index (κ2) is 6.16. The van der Waals surface area contributed by atoms with Crippen LogP contribution >= 0.6 is 0 Å². The highest BCUT2D eigenvalue weighted by molar-refractivity contribution is 5.90. The van der Waals surface area contributed by atoms with E-state index in [9.17, 15) is 10.1 Å². The molecule has 5 nitrogen and oxygen atoms in total. The zero-order valence-corrected chi connectivity index (χ0v) is 12.4. The second-order valence-electron chi connectivity index (χ2n) is 4.94. The predicted octanol–water partition coefficient (Wildman–Crippen LogP) is 3.55. The van der Waals surface area contributed by atoms with Crippen molar-refractivity contribution in [3.8, 4) is 11.8 Å². The standard InChI is InChI=1S/C18H13N3O2/c1-12(22)23-15-8-6-13(7-9-15)10-14(11-19)18-20-16-4-2-3-5-17(16)21-18/h2-10H,1H3,(H,20,21)/b14-10+. The van der Waals surface area contributed by atoms with Gasteiger partial charge >= 0.3 is 5.97 Å². The summed E-state index contributed by atoms with van der Waals surface area (Å²) in [5, 5.41) is 9.39. The first-order valence-electron chi connectivity index (χ1n) is 7.01. The summed E-state index contributed by atoms with van der Waals surface area (Å²) < 4.78 is 4.98. The van der Waals surface area contributed by atoms with Crippen molar-refractivity contribution in [3.63, 3.8) is 0 Å². The fourth-order valence-corrected chi connectivity index (χ4v) is 2.20. The Kier molecular flexibility index (Phi) is 3.89. The number of benzene rings is 2. The highest BCUT2D eigenvalue weighted by atomic mass is 16.5. The average molecular weight is 303 g/mol. The molecule has 0 unspecified atom stereocenters. The van der Waals surface area contributed by atoms with Gasteiger partial charge in [0.15, 0.2) is 0 Å². The minimum absolute atomic E-state index is 0.367. The molecule has 1 heterocycles. The topological polar surface area (TPSA) is 78.8 Å². The van der Waals surface area contributed by atoms with E-state index in [-0.39, 0.29) is 5.97 Å². The lowest BCUT2D eigenvalue weighted by atomic mass is 10.1. The van der Waals surface area contributed by atoms with Crippen LogP contribution < -0.4 is 4.74 Å². The summed E-state index contributed by atoms with van der Waals surface area (Å²) in [4.78, 5) is 18.5. The summed E-state index contributed by atoms with van der Waals surface area (Å²) in [5.41, 5.74) is 2.95. The smallest absolute Gasteiger partial charge is 0.308 e. The maximum Gasteiger partial charge on any atom is 0.308 e. The number of imidazole rings is 1.